The van der Waals surface area contributed by atoms with Crippen molar-refractivity contribution in [2.24, 2.45) is 5.92 Å². The van der Waals surface area contributed by atoms with E-state index in [1.165, 1.54) is 12.8 Å². The Balaban J connectivity index is 1.53. The first kappa shape index (κ1) is 20.3. The van der Waals surface area contributed by atoms with Crippen molar-refractivity contribution in [1.82, 2.24) is 9.62 Å². The fraction of sp³-hybridized carbons (Fsp3) is 0.650. The SMILES string of the molecule is C[C@H]1CCCN(CC(=O)Nc2ccc(S(=O)(=O)NC3CCCCC3)cc2)C1. The average molecular weight is 394 g/mol. The number of anilines is 1. The molecule has 1 aliphatic heterocycles. The molecule has 0 radical (unpaired) electrons. The number of hydrogen-bond acceptors (Lipinski definition) is 4. The zero-order valence-electron chi connectivity index (χ0n) is 16.1. The predicted molar refractivity (Wildman–Crippen MR) is 107 cm³/mol. The van der Waals surface area contributed by atoms with Gasteiger partial charge in [-0.05, 0) is 62.4 Å². The van der Waals surface area contributed by atoms with E-state index in [9.17, 15) is 13.2 Å². The summed E-state index contributed by atoms with van der Waals surface area (Å²) >= 11 is 0. The minimum atomic E-state index is -3.50. The third-order valence-corrected chi connectivity index (χ3v) is 7.02. The third kappa shape index (κ3) is 6.02. The van der Waals surface area contributed by atoms with Crippen LogP contribution in [-0.2, 0) is 14.8 Å². The van der Waals surface area contributed by atoms with Crippen molar-refractivity contribution in [3.05, 3.63) is 24.3 Å². The highest BCUT2D eigenvalue weighted by Crippen LogP contribution is 2.21. The molecule has 3 rings (SSSR count). The normalized spacial score (nSPS) is 22.5. The van der Waals surface area contributed by atoms with Crippen LogP contribution in [0, 0.1) is 5.92 Å². The van der Waals surface area contributed by atoms with Gasteiger partial charge in [0.05, 0.1) is 11.4 Å². The van der Waals surface area contributed by atoms with E-state index < -0.39 is 10.0 Å². The fourth-order valence-corrected chi connectivity index (χ4v) is 5.36. The molecular formula is C20H31N3O3S. The second-order valence-corrected chi connectivity index (χ2v) is 9.73. The zero-order valence-corrected chi connectivity index (χ0v) is 16.9. The molecule has 1 saturated heterocycles. The van der Waals surface area contributed by atoms with Crippen molar-refractivity contribution in [1.29, 1.82) is 0 Å². The largest absolute Gasteiger partial charge is 0.325 e. The molecule has 1 atom stereocenters. The lowest BCUT2D eigenvalue weighted by atomic mass is 9.96. The highest BCUT2D eigenvalue weighted by molar-refractivity contribution is 7.89. The Hall–Kier alpha value is -1.44. The molecule has 1 aromatic carbocycles. The lowest BCUT2D eigenvalue weighted by Crippen LogP contribution is -2.39. The molecule has 27 heavy (non-hydrogen) atoms. The molecule has 2 fully saturated rings. The lowest BCUT2D eigenvalue weighted by Gasteiger charge is -2.30. The van der Waals surface area contributed by atoms with Gasteiger partial charge < -0.3 is 5.32 Å². The van der Waals surface area contributed by atoms with Crippen LogP contribution in [0.1, 0.15) is 51.9 Å². The number of nitrogens with zero attached hydrogens (tertiary/aromatic N) is 1. The minimum Gasteiger partial charge on any atom is -0.325 e. The maximum atomic E-state index is 12.5. The van der Waals surface area contributed by atoms with Gasteiger partial charge in [-0.1, -0.05) is 26.2 Å². The van der Waals surface area contributed by atoms with Gasteiger partial charge in [-0.15, -0.1) is 0 Å². The Morgan fingerprint density at radius 1 is 1.07 bits per heavy atom. The molecule has 7 heteroatoms. The number of carbonyl (C=O) groups excluding carboxylic acids is 1. The molecule has 1 aromatic rings. The van der Waals surface area contributed by atoms with Gasteiger partial charge in [-0.3, -0.25) is 9.69 Å². The summed E-state index contributed by atoms with van der Waals surface area (Å²) in [6.45, 7) is 4.51. The van der Waals surface area contributed by atoms with Gasteiger partial charge in [0.25, 0.3) is 0 Å². The summed E-state index contributed by atoms with van der Waals surface area (Å²) in [5.41, 5.74) is 0.627. The summed E-state index contributed by atoms with van der Waals surface area (Å²) in [5.74, 6) is 0.577. The van der Waals surface area contributed by atoms with Crippen LogP contribution >= 0.6 is 0 Å². The molecule has 0 aromatic heterocycles. The van der Waals surface area contributed by atoms with Crippen LogP contribution in [0.3, 0.4) is 0 Å². The van der Waals surface area contributed by atoms with E-state index in [1.807, 2.05) is 0 Å². The molecular weight excluding hydrogens is 362 g/mol. The molecule has 2 aliphatic rings. The Bertz CT molecular complexity index is 727. The second-order valence-electron chi connectivity index (χ2n) is 8.01. The van der Waals surface area contributed by atoms with E-state index in [-0.39, 0.29) is 16.8 Å². The predicted octanol–water partition coefficient (Wildman–Crippen LogP) is 2.97. The van der Waals surface area contributed by atoms with E-state index in [4.69, 9.17) is 0 Å². The van der Waals surface area contributed by atoms with Gasteiger partial charge in [0.15, 0.2) is 0 Å². The van der Waals surface area contributed by atoms with E-state index in [0.29, 0.717) is 18.2 Å². The van der Waals surface area contributed by atoms with Crippen LogP contribution in [0.25, 0.3) is 0 Å². The lowest BCUT2D eigenvalue weighted by molar-refractivity contribution is -0.117. The van der Waals surface area contributed by atoms with Gasteiger partial charge in [0.2, 0.25) is 15.9 Å². The van der Waals surface area contributed by atoms with Gasteiger partial charge in [0.1, 0.15) is 0 Å². The van der Waals surface area contributed by atoms with Gasteiger partial charge in [-0.25, -0.2) is 13.1 Å². The summed E-state index contributed by atoms with van der Waals surface area (Å²) in [6, 6.07) is 6.47. The van der Waals surface area contributed by atoms with Gasteiger partial charge >= 0.3 is 0 Å². The van der Waals surface area contributed by atoms with Crippen LogP contribution in [0.15, 0.2) is 29.2 Å². The topological polar surface area (TPSA) is 78.5 Å². The van der Waals surface area contributed by atoms with E-state index in [1.54, 1.807) is 24.3 Å². The Kier molecular flexibility index (Phi) is 6.89. The van der Waals surface area contributed by atoms with Crippen molar-refractivity contribution >= 4 is 21.6 Å². The summed E-state index contributed by atoms with van der Waals surface area (Å²) in [7, 11) is -3.50. The molecule has 1 amide bonds. The smallest absolute Gasteiger partial charge is 0.240 e. The van der Waals surface area contributed by atoms with Crippen LogP contribution in [-0.4, -0.2) is 44.9 Å². The standard InChI is InChI=1S/C20H31N3O3S/c1-16-6-5-13-23(14-16)15-20(24)21-17-9-11-19(12-10-17)27(25,26)22-18-7-3-2-4-8-18/h9-12,16,18,22H,2-8,13-15H2,1H3,(H,21,24)/t16-/m0/s1. The Morgan fingerprint density at radius 3 is 2.44 bits per heavy atom. The molecule has 1 aliphatic carbocycles. The van der Waals surface area contributed by atoms with Crippen LogP contribution in [0.4, 0.5) is 5.69 Å². The number of carbonyl (C=O) groups is 1. The number of likely N-dealkylation sites (tertiary alicyclic amines) is 1. The summed E-state index contributed by atoms with van der Waals surface area (Å²) in [5, 5.41) is 2.87. The monoisotopic (exact) mass is 393 g/mol. The minimum absolute atomic E-state index is 0.0371. The maximum absolute atomic E-state index is 12.5. The van der Waals surface area contributed by atoms with E-state index in [0.717, 1.165) is 45.2 Å². The van der Waals surface area contributed by atoms with Crippen molar-refractivity contribution in [3.63, 3.8) is 0 Å². The molecule has 0 bridgehead atoms. The quantitative estimate of drug-likeness (QED) is 0.779. The number of nitrogens with one attached hydrogen (secondary N) is 2. The molecule has 0 unspecified atom stereocenters. The number of sulfonamides is 1. The first-order chi connectivity index (χ1) is 12.9. The first-order valence-corrected chi connectivity index (χ1v) is 11.6. The Labute approximate surface area is 162 Å². The van der Waals surface area contributed by atoms with Crippen LogP contribution in [0.5, 0.6) is 0 Å². The number of rotatable bonds is 6. The van der Waals surface area contributed by atoms with Gasteiger partial charge in [-0.2, -0.15) is 0 Å². The highest BCUT2D eigenvalue weighted by atomic mass is 32.2. The summed E-state index contributed by atoms with van der Waals surface area (Å²) in [6.07, 6.45) is 7.51. The molecule has 1 heterocycles. The van der Waals surface area contributed by atoms with E-state index >= 15 is 0 Å². The molecule has 150 valence electrons. The summed E-state index contributed by atoms with van der Waals surface area (Å²) < 4.78 is 27.9. The molecule has 2 N–H and O–H groups in total. The molecule has 6 nitrogen and oxygen atoms in total. The average Bonchev–Trinajstić information content (AvgIpc) is 2.62. The van der Waals surface area contributed by atoms with Crippen LogP contribution in [0.2, 0.25) is 0 Å². The molecule has 0 spiro atoms. The molecule has 1 saturated carbocycles. The van der Waals surface area contributed by atoms with Crippen LogP contribution < -0.4 is 10.0 Å². The van der Waals surface area contributed by atoms with Crippen molar-refractivity contribution in [2.75, 3.05) is 25.0 Å². The van der Waals surface area contributed by atoms with Gasteiger partial charge in [0, 0.05) is 18.3 Å². The number of amides is 1. The van der Waals surface area contributed by atoms with E-state index in [2.05, 4.69) is 21.9 Å². The van der Waals surface area contributed by atoms with Crippen molar-refractivity contribution in [2.45, 2.75) is 62.8 Å². The zero-order chi connectivity index (χ0) is 19.3. The van der Waals surface area contributed by atoms with Crippen molar-refractivity contribution < 1.29 is 13.2 Å². The maximum Gasteiger partial charge on any atom is 0.240 e. The first-order valence-electron chi connectivity index (χ1n) is 10.1. The number of piperidine rings is 1. The number of hydrogen-bond donors (Lipinski definition) is 2. The number of benzene rings is 1. The summed E-state index contributed by atoms with van der Waals surface area (Å²) in [4.78, 5) is 14.7. The van der Waals surface area contributed by atoms with Crippen molar-refractivity contribution in [3.8, 4) is 0 Å². The fourth-order valence-electron chi connectivity index (χ4n) is 4.06. The third-order valence-electron chi connectivity index (χ3n) is 5.48. The Morgan fingerprint density at radius 2 is 1.78 bits per heavy atom. The second kappa shape index (κ2) is 9.17. The highest BCUT2D eigenvalue weighted by Gasteiger charge is 2.22.